The molecule has 0 heterocycles. The Morgan fingerprint density at radius 1 is 0.586 bits per heavy atom. The van der Waals surface area contributed by atoms with E-state index in [1.807, 2.05) is 12.1 Å². The molecule has 0 radical (unpaired) electrons. The predicted octanol–water partition coefficient (Wildman–Crippen LogP) is 6.39. The van der Waals surface area contributed by atoms with E-state index in [2.05, 4.69) is 85.8 Å². The zero-order chi connectivity index (χ0) is 19.9. The maximum Gasteiger partial charge on any atom is 0.130 e. The van der Waals surface area contributed by atoms with Crippen LogP contribution in [0.1, 0.15) is 16.7 Å². The molecule has 4 rings (SSSR count). The summed E-state index contributed by atoms with van der Waals surface area (Å²) < 4.78 is 12.4. The number of benzene rings is 4. The van der Waals surface area contributed by atoms with Crippen LogP contribution in [0.5, 0.6) is 11.5 Å². The van der Waals surface area contributed by atoms with Crippen LogP contribution in [0.4, 0.5) is 0 Å². The third-order valence-corrected chi connectivity index (χ3v) is 5.11. The van der Waals surface area contributed by atoms with Crippen LogP contribution >= 0.6 is 0 Å². The van der Waals surface area contributed by atoms with Gasteiger partial charge in [-0.05, 0) is 29.7 Å². The molecular weight excluding hydrogens is 356 g/mol. The highest BCUT2D eigenvalue weighted by molar-refractivity contribution is 5.94. The van der Waals surface area contributed by atoms with Crippen molar-refractivity contribution in [3.8, 4) is 11.5 Å². The minimum Gasteiger partial charge on any atom is -0.493 e. The van der Waals surface area contributed by atoms with Crippen LogP contribution < -0.4 is 9.47 Å². The van der Waals surface area contributed by atoms with E-state index in [0.717, 1.165) is 40.7 Å². The summed E-state index contributed by atoms with van der Waals surface area (Å²) >= 11 is 0. The summed E-state index contributed by atoms with van der Waals surface area (Å²) in [6, 6.07) is 31.3. The van der Waals surface area contributed by atoms with E-state index >= 15 is 0 Å². The molecule has 0 bridgehead atoms. The lowest BCUT2D eigenvalue weighted by Crippen LogP contribution is -2.05. The van der Waals surface area contributed by atoms with Crippen LogP contribution in [-0.4, -0.2) is 13.2 Å². The number of rotatable bonds is 8. The number of ether oxygens (including phenoxy) is 2. The smallest absolute Gasteiger partial charge is 0.130 e. The van der Waals surface area contributed by atoms with Gasteiger partial charge < -0.3 is 9.47 Å². The molecule has 4 aromatic carbocycles. The van der Waals surface area contributed by atoms with Gasteiger partial charge in [0.05, 0.1) is 13.2 Å². The van der Waals surface area contributed by atoms with E-state index in [9.17, 15) is 0 Å². The summed E-state index contributed by atoms with van der Waals surface area (Å²) in [4.78, 5) is 0. The summed E-state index contributed by atoms with van der Waals surface area (Å²) in [6.07, 6.45) is 1.79. The van der Waals surface area contributed by atoms with Crippen LogP contribution in [0, 0.1) is 6.92 Å². The van der Waals surface area contributed by atoms with Gasteiger partial charge in [-0.15, -0.1) is 0 Å². The predicted molar refractivity (Wildman–Crippen MR) is 120 cm³/mol. The zero-order valence-electron chi connectivity index (χ0n) is 16.8. The van der Waals surface area contributed by atoms with Gasteiger partial charge >= 0.3 is 0 Å². The van der Waals surface area contributed by atoms with Crippen molar-refractivity contribution in [3.05, 3.63) is 108 Å². The Hall–Kier alpha value is -3.26. The molecule has 0 amide bonds. The van der Waals surface area contributed by atoms with Crippen molar-refractivity contribution in [3.63, 3.8) is 0 Å². The number of hydrogen-bond donors (Lipinski definition) is 0. The van der Waals surface area contributed by atoms with Gasteiger partial charge in [-0.3, -0.25) is 0 Å². The Bertz CT molecular complexity index is 1060. The first-order valence-electron chi connectivity index (χ1n) is 10.2. The Kier molecular flexibility index (Phi) is 6.11. The molecule has 4 aromatic rings. The number of hydrogen-bond acceptors (Lipinski definition) is 2. The summed E-state index contributed by atoms with van der Waals surface area (Å²) in [5.41, 5.74) is 3.68. The Labute approximate surface area is 172 Å². The minimum atomic E-state index is 0.654. The first kappa shape index (κ1) is 19.1. The molecule has 0 saturated carbocycles. The summed E-state index contributed by atoms with van der Waals surface area (Å²) in [6.45, 7) is 3.40. The first-order valence-corrected chi connectivity index (χ1v) is 10.2. The molecule has 29 heavy (non-hydrogen) atoms. The van der Waals surface area contributed by atoms with Gasteiger partial charge in [-0.25, -0.2) is 0 Å². The molecule has 2 heteroatoms. The fourth-order valence-electron chi connectivity index (χ4n) is 3.60. The summed E-state index contributed by atoms with van der Waals surface area (Å²) in [5.74, 6) is 1.87. The van der Waals surface area contributed by atoms with E-state index in [4.69, 9.17) is 9.47 Å². The van der Waals surface area contributed by atoms with Crippen molar-refractivity contribution in [1.82, 2.24) is 0 Å². The van der Waals surface area contributed by atoms with Crippen molar-refractivity contribution in [2.24, 2.45) is 0 Å². The lowest BCUT2D eigenvalue weighted by molar-refractivity contribution is 0.317. The molecule has 0 N–H and O–H groups in total. The summed E-state index contributed by atoms with van der Waals surface area (Å²) in [7, 11) is 0. The summed E-state index contributed by atoms with van der Waals surface area (Å²) in [5, 5.41) is 2.20. The lowest BCUT2D eigenvalue weighted by atomic mass is 10.0. The van der Waals surface area contributed by atoms with Gasteiger partial charge in [0.15, 0.2) is 0 Å². The molecule has 0 aromatic heterocycles. The molecule has 0 fully saturated rings. The molecule has 0 aliphatic rings. The van der Waals surface area contributed by atoms with Gasteiger partial charge in [0.2, 0.25) is 0 Å². The molecular formula is C27H26O2. The monoisotopic (exact) mass is 382 g/mol. The molecule has 146 valence electrons. The van der Waals surface area contributed by atoms with Gasteiger partial charge in [-0.2, -0.15) is 0 Å². The molecule has 0 aliphatic carbocycles. The Morgan fingerprint density at radius 2 is 1.10 bits per heavy atom. The maximum absolute atomic E-state index is 6.23. The van der Waals surface area contributed by atoms with Crippen molar-refractivity contribution < 1.29 is 9.47 Å². The molecule has 0 saturated heterocycles. The third-order valence-electron chi connectivity index (χ3n) is 5.11. The molecule has 0 aliphatic heterocycles. The number of aryl methyl sites for hydroxylation is 1. The Morgan fingerprint density at radius 3 is 1.72 bits per heavy atom. The Balaban J connectivity index is 1.49. The highest BCUT2D eigenvalue weighted by Crippen LogP contribution is 2.36. The molecule has 0 unspecified atom stereocenters. The molecule has 0 spiro atoms. The standard InChI is InChI=1S/C27H26O2/c1-21-20-26(28-18-16-22-10-4-2-5-11-22)24-14-8-9-15-25(24)27(21)29-19-17-23-12-6-3-7-13-23/h2-15,20H,16-19H2,1H3. The van der Waals surface area contributed by atoms with Crippen LogP contribution in [-0.2, 0) is 12.8 Å². The second-order valence-electron chi connectivity index (χ2n) is 7.23. The normalized spacial score (nSPS) is 10.8. The quantitative estimate of drug-likeness (QED) is 0.351. The topological polar surface area (TPSA) is 18.5 Å². The molecule has 2 nitrogen and oxygen atoms in total. The fraction of sp³-hybridized carbons (Fsp3) is 0.185. The average molecular weight is 383 g/mol. The van der Waals surface area contributed by atoms with Gasteiger partial charge in [0.1, 0.15) is 11.5 Å². The first-order chi connectivity index (χ1) is 14.3. The van der Waals surface area contributed by atoms with E-state index in [1.165, 1.54) is 11.1 Å². The van der Waals surface area contributed by atoms with Crippen molar-refractivity contribution in [1.29, 1.82) is 0 Å². The fourth-order valence-corrected chi connectivity index (χ4v) is 3.60. The van der Waals surface area contributed by atoms with Crippen LogP contribution in [0.15, 0.2) is 91.0 Å². The largest absolute Gasteiger partial charge is 0.493 e. The average Bonchev–Trinajstić information content (AvgIpc) is 2.77. The van der Waals surface area contributed by atoms with Crippen LogP contribution in [0.3, 0.4) is 0 Å². The van der Waals surface area contributed by atoms with Crippen LogP contribution in [0.2, 0.25) is 0 Å². The highest BCUT2D eigenvalue weighted by atomic mass is 16.5. The SMILES string of the molecule is Cc1cc(OCCc2ccccc2)c2ccccc2c1OCCc1ccccc1. The van der Waals surface area contributed by atoms with E-state index in [0.29, 0.717) is 13.2 Å². The van der Waals surface area contributed by atoms with Crippen LogP contribution in [0.25, 0.3) is 10.8 Å². The lowest BCUT2D eigenvalue weighted by Gasteiger charge is -2.16. The highest BCUT2D eigenvalue weighted by Gasteiger charge is 2.12. The van der Waals surface area contributed by atoms with E-state index < -0.39 is 0 Å². The van der Waals surface area contributed by atoms with Gasteiger partial charge in [0, 0.05) is 23.6 Å². The van der Waals surface area contributed by atoms with Crippen molar-refractivity contribution >= 4 is 10.8 Å². The van der Waals surface area contributed by atoms with Crippen molar-refractivity contribution in [2.75, 3.05) is 13.2 Å². The number of fused-ring (bicyclic) bond motifs is 1. The van der Waals surface area contributed by atoms with E-state index in [1.54, 1.807) is 0 Å². The van der Waals surface area contributed by atoms with Gasteiger partial charge in [0.25, 0.3) is 0 Å². The third kappa shape index (κ3) is 4.78. The second-order valence-corrected chi connectivity index (χ2v) is 7.23. The zero-order valence-corrected chi connectivity index (χ0v) is 16.8. The maximum atomic E-state index is 6.23. The van der Waals surface area contributed by atoms with Gasteiger partial charge in [-0.1, -0.05) is 84.9 Å². The minimum absolute atomic E-state index is 0.654. The molecule has 0 atom stereocenters. The second kappa shape index (κ2) is 9.29. The van der Waals surface area contributed by atoms with E-state index in [-0.39, 0.29) is 0 Å². The van der Waals surface area contributed by atoms with Crippen molar-refractivity contribution in [2.45, 2.75) is 19.8 Å².